The highest BCUT2D eigenvalue weighted by atomic mass is 16.5. The number of nitrogens with zero attached hydrogens (tertiary/aromatic N) is 3. The number of allylic oxidation sites excluding steroid dienone is 1. The van der Waals surface area contributed by atoms with E-state index in [0.29, 0.717) is 0 Å². The molecule has 0 heterocycles. The van der Waals surface area contributed by atoms with Crippen molar-refractivity contribution in [3.63, 3.8) is 0 Å². The van der Waals surface area contributed by atoms with Crippen LogP contribution in [0.4, 0.5) is 0 Å². The molecule has 0 aromatic rings. The molecule has 1 saturated carbocycles. The fourth-order valence-corrected chi connectivity index (χ4v) is 2.66. The molecule has 1 aliphatic carbocycles. The lowest BCUT2D eigenvalue weighted by Gasteiger charge is -2.31. The Morgan fingerprint density at radius 2 is 1.20 bits per heavy atom. The molecule has 1 rings (SSSR count). The lowest BCUT2D eigenvalue weighted by Crippen LogP contribution is -2.26. The molecule has 0 radical (unpaired) electrons. The predicted octanol–water partition coefficient (Wildman–Crippen LogP) is 2.13. The van der Waals surface area contributed by atoms with Crippen LogP contribution >= 0.6 is 0 Å². The largest absolute Gasteiger partial charge is 0.384 e. The average Bonchev–Trinajstić information content (AvgIpc) is 2.26. The zero-order valence-corrected chi connectivity index (χ0v) is 14.0. The van der Waals surface area contributed by atoms with Gasteiger partial charge in [0.1, 0.15) is 6.10 Å². The Kier molecular flexibility index (Phi) is 6.14. The zero-order valence-electron chi connectivity index (χ0n) is 14.0. The predicted molar refractivity (Wildman–Crippen MR) is 85.3 cm³/mol. The van der Waals surface area contributed by atoms with Crippen LogP contribution in [0.1, 0.15) is 12.8 Å². The van der Waals surface area contributed by atoms with Crippen LogP contribution in [0.5, 0.6) is 0 Å². The van der Waals surface area contributed by atoms with Gasteiger partial charge in [0.2, 0.25) is 0 Å². The second-order valence-corrected chi connectivity index (χ2v) is 6.06. The lowest BCUT2D eigenvalue weighted by atomic mass is 9.84. The van der Waals surface area contributed by atoms with Crippen molar-refractivity contribution in [2.75, 3.05) is 49.4 Å². The van der Waals surface area contributed by atoms with Crippen LogP contribution in [-0.2, 0) is 4.74 Å². The molecule has 0 amide bonds. The second kappa shape index (κ2) is 7.39. The third-order valence-corrected chi connectivity index (χ3v) is 3.06. The summed E-state index contributed by atoms with van der Waals surface area (Å²) in [5.41, 5.74) is 4.04. The summed E-state index contributed by atoms with van der Waals surface area (Å²) < 4.78 is 5.74. The first-order valence-corrected chi connectivity index (χ1v) is 6.96. The van der Waals surface area contributed by atoms with Gasteiger partial charge in [0.05, 0.1) is 0 Å². The number of ether oxygens (including phenoxy) is 1. The molecule has 20 heavy (non-hydrogen) atoms. The number of methoxy groups -OCH3 is 1. The van der Waals surface area contributed by atoms with Crippen molar-refractivity contribution in [1.29, 1.82) is 0 Å². The summed E-state index contributed by atoms with van der Waals surface area (Å²) in [6, 6.07) is 0. The van der Waals surface area contributed by atoms with E-state index in [1.54, 1.807) is 7.11 Å². The summed E-state index contributed by atoms with van der Waals surface area (Å²) in [6.07, 6.45) is 8.61. The van der Waals surface area contributed by atoms with Gasteiger partial charge >= 0.3 is 0 Å². The molecule has 0 aliphatic heterocycles. The summed E-state index contributed by atoms with van der Waals surface area (Å²) in [4.78, 5) is 6.30. The minimum atomic E-state index is 0.0825. The highest BCUT2D eigenvalue weighted by Gasteiger charge is 2.26. The van der Waals surface area contributed by atoms with E-state index in [9.17, 15) is 0 Å². The molecule has 0 N–H and O–H groups in total. The second-order valence-electron chi connectivity index (χ2n) is 6.06. The van der Waals surface area contributed by atoms with Crippen molar-refractivity contribution in [3.8, 4) is 0 Å². The Morgan fingerprint density at radius 1 is 0.800 bits per heavy atom. The quantitative estimate of drug-likeness (QED) is 0.784. The molecule has 1 fully saturated rings. The Labute approximate surface area is 124 Å². The molecule has 4 heteroatoms. The van der Waals surface area contributed by atoms with Crippen LogP contribution in [0.15, 0.2) is 35.3 Å². The van der Waals surface area contributed by atoms with Gasteiger partial charge in [0.15, 0.2) is 0 Å². The monoisotopic (exact) mass is 279 g/mol. The minimum Gasteiger partial charge on any atom is -0.384 e. The molecule has 1 aliphatic rings. The van der Waals surface area contributed by atoms with Gasteiger partial charge in [-0.3, -0.25) is 0 Å². The molecule has 0 unspecified atom stereocenters. The fourth-order valence-electron chi connectivity index (χ4n) is 2.66. The van der Waals surface area contributed by atoms with Crippen molar-refractivity contribution in [1.82, 2.24) is 14.7 Å². The first-order valence-electron chi connectivity index (χ1n) is 6.96. The van der Waals surface area contributed by atoms with Crippen LogP contribution in [0, 0.1) is 0 Å². The third kappa shape index (κ3) is 4.93. The Hall–Kier alpha value is -1.42. The van der Waals surface area contributed by atoms with E-state index in [2.05, 4.69) is 75.6 Å². The van der Waals surface area contributed by atoms with E-state index >= 15 is 0 Å². The first-order chi connectivity index (χ1) is 9.33. The molecular formula is C16H29N3O. The molecule has 0 aromatic carbocycles. The van der Waals surface area contributed by atoms with Crippen molar-refractivity contribution in [3.05, 3.63) is 35.3 Å². The van der Waals surface area contributed by atoms with Crippen LogP contribution in [0.3, 0.4) is 0 Å². The van der Waals surface area contributed by atoms with Gasteiger partial charge in [-0.15, -0.1) is 0 Å². The van der Waals surface area contributed by atoms with Gasteiger partial charge in [-0.25, -0.2) is 0 Å². The van der Waals surface area contributed by atoms with Crippen LogP contribution in [-0.4, -0.2) is 70.2 Å². The van der Waals surface area contributed by atoms with E-state index in [0.717, 1.165) is 12.8 Å². The summed E-state index contributed by atoms with van der Waals surface area (Å²) in [5, 5.41) is 0. The molecule has 0 saturated heterocycles. The van der Waals surface area contributed by atoms with E-state index < -0.39 is 0 Å². The molecule has 0 atom stereocenters. The Balaban J connectivity index is 3.16. The summed E-state index contributed by atoms with van der Waals surface area (Å²) in [5.74, 6) is 0. The van der Waals surface area contributed by atoms with Gasteiger partial charge in [0, 0.05) is 61.8 Å². The maximum atomic E-state index is 5.74. The van der Waals surface area contributed by atoms with Crippen LogP contribution < -0.4 is 0 Å². The van der Waals surface area contributed by atoms with E-state index in [4.69, 9.17) is 4.74 Å². The average molecular weight is 279 g/mol. The van der Waals surface area contributed by atoms with Crippen LogP contribution in [0.25, 0.3) is 0 Å². The normalized spacial score (nSPS) is 23.1. The van der Waals surface area contributed by atoms with Gasteiger partial charge in [-0.1, -0.05) is 0 Å². The highest BCUT2D eigenvalue weighted by Crippen LogP contribution is 2.34. The topological polar surface area (TPSA) is 19.0 Å². The Morgan fingerprint density at radius 3 is 1.50 bits per heavy atom. The van der Waals surface area contributed by atoms with Crippen molar-refractivity contribution in [2.45, 2.75) is 18.9 Å². The molecular weight excluding hydrogens is 250 g/mol. The first kappa shape index (κ1) is 16.6. The molecule has 114 valence electrons. The SMILES string of the molecule is COC1C(=CN(C)C)CC(=CN(C)C)CC1=CN(C)C. The molecule has 0 spiro atoms. The standard InChI is InChI=1S/C16H29N3O/c1-17(2)10-13-8-14(11-18(3)4)16(20-7)15(9-13)12-19(5)6/h10-12,16H,8-9H2,1-7H3. The lowest BCUT2D eigenvalue weighted by molar-refractivity contribution is 0.148. The summed E-state index contributed by atoms with van der Waals surface area (Å²) in [7, 11) is 14.1. The van der Waals surface area contributed by atoms with Gasteiger partial charge in [-0.2, -0.15) is 0 Å². The summed E-state index contributed by atoms with van der Waals surface area (Å²) >= 11 is 0. The van der Waals surface area contributed by atoms with Crippen molar-refractivity contribution < 1.29 is 4.74 Å². The van der Waals surface area contributed by atoms with E-state index in [-0.39, 0.29) is 6.10 Å². The smallest absolute Gasteiger partial charge is 0.103 e. The van der Waals surface area contributed by atoms with E-state index in [1.807, 2.05) is 0 Å². The molecule has 0 aromatic heterocycles. The highest BCUT2D eigenvalue weighted by molar-refractivity contribution is 5.36. The fraction of sp³-hybridized carbons (Fsp3) is 0.625. The van der Waals surface area contributed by atoms with Crippen molar-refractivity contribution in [2.24, 2.45) is 0 Å². The molecule has 0 bridgehead atoms. The zero-order chi connectivity index (χ0) is 15.3. The third-order valence-electron chi connectivity index (χ3n) is 3.06. The maximum Gasteiger partial charge on any atom is 0.103 e. The molecule has 4 nitrogen and oxygen atoms in total. The number of hydrogen-bond donors (Lipinski definition) is 0. The Bertz CT molecular complexity index is 376. The van der Waals surface area contributed by atoms with Gasteiger partial charge < -0.3 is 19.4 Å². The van der Waals surface area contributed by atoms with Crippen molar-refractivity contribution >= 4 is 0 Å². The number of rotatable bonds is 4. The van der Waals surface area contributed by atoms with Gasteiger partial charge in [0.25, 0.3) is 0 Å². The summed E-state index contributed by atoms with van der Waals surface area (Å²) in [6.45, 7) is 0. The maximum absolute atomic E-state index is 5.74. The van der Waals surface area contributed by atoms with Crippen LogP contribution in [0.2, 0.25) is 0 Å². The minimum absolute atomic E-state index is 0.0825. The van der Waals surface area contributed by atoms with Gasteiger partial charge in [-0.05, 0) is 35.8 Å². The number of hydrogen-bond acceptors (Lipinski definition) is 4. The van der Waals surface area contributed by atoms with E-state index in [1.165, 1.54) is 16.7 Å².